The van der Waals surface area contributed by atoms with Crippen LogP contribution in [0.3, 0.4) is 0 Å². The highest BCUT2D eigenvalue weighted by Crippen LogP contribution is 2.31. The van der Waals surface area contributed by atoms with Gasteiger partial charge in [-0.1, -0.05) is 113 Å². The molecule has 0 bridgehead atoms. The van der Waals surface area contributed by atoms with Crippen molar-refractivity contribution in [3.63, 3.8) is 0 Å². The molecule has 1 aromatic carbocycles. The second-order valence-electron chi connectivity index (χ2n) is 10.2. The first kappa shape index (κ1) is 29.9. The van der Waals surface area contributed by atoms with Gasteiger partial charge in [0.05, 0.1) is 5.60 Å². The third-order valence-electron chi connectivity index (χ3n) is 7.15. The molecule has 0 aliphatic carbocycles. The van der Waals surface area contributed by atoms with Crippen LogP contribution in [0.2, 0.25) is 18.1 Å². The molecular formula is C29H51IOSi. The summed E-state index contributed by atoms with van der Waals surface area (Å²) in [6.45, 7) is 13.9. The van der Waals surface area contributed by atoms with Crippen molar-refractivity contribution >= 4 is 36.5 Å². The summed E-state index contributed by atoms with van der Waals surface area (Å²) in [5.41, 5.74) is 4.47. The first-order valence-electron chi connectivity index (χ1n) is 13.4. The standard InChI is InChI=1S/C29H51IOSi/c1-7-11-12-13-16-21-28(25-30)27-22-18-20-26(24-27)19-15-14-17-23-29(5,6)31-32(8-2,9-3)10-4/h18,20,22,24-25H,7-17,19,21,23H2,1-6H3/b28-25+. The summed E-state index contributed by atoms with van der Waals surface area (Å²) < 4.78 is 9.07. The van der Waals surface area contributed by atoms with E-state index in [4.69, 9.17) is 4.43 Å². The Morgan fingerprint density at radius 3 is 2.19 bits per heavy atom. The lowest BCUT2D eigenvalue weighted by Gasteiger charge is -2.38. The predicted octanol–water partition coefficient (Wildman–Crippen LogP) is 10.7. The van der Waals surface area contributed by atoms with Crippen LogP contribution in [0.4, 0.5) is 0 Å². The Bertz CT molecular complexity index is 640. The number of rotatable bonds is 18. The van der Waals surface area contributed by atoms with Crippen LogP contribution >= 0.6 is 22.6 Å². The Balaban J connectivity index is 2.45. The van der Waals surface area contributed by atoms with E-state index in [1.54, 1.807) is 0 Å². The summed E-state index contributed by atoms with van der Waals surface area (Å²) in [4.78, 5) is 0. The molecule has 0 spiro atoms. The minimum Gasteiger partial charge on any atom is -0.412 e. The summed E-state index contributed by atoms with van der Waals surface area (Å²) in [6.07, 6.45) is 14.2. The van der Waals surface area contributed by atoms with Crippen molar-refractivity contribution in [2.75, 3.05) is 0 Å². The number of benzene rings is 1. The van der Waals surface area contributed by atoms with Crippen molar-refractivity contribution in [2.45, 2.75) is 136 Å². The summed E-state index contributed by atoms with van der Waals surface area (Å²) >= 11 is 2.43. The molecule has 0 amide bonds. The van der Waals surface area contributed by atoms with E-state index in [0.717, 1.165) is 0 Å². The van der Waals surface area contributed by atoms with Crippen LogP contribution in [0, 0.1) is 0 Å². The van der Waals surface area contributed by atoms with Crippen LogP contribution in [-0.2, 0) is 10.8 Å². The highest BCUT2D eigenvalue weighted by molar-refractivity contribution is 14.1. The smallest absolute Gasteiger partial charge is 0.192 e. The molecule has 1 aromatic rings. The second kappa shape index (κ2) is 16.5. The minimum atomic E-state index is -1.52. The van der Waals surface area contributed by atoms with Crippen molar-refractivity contribution in [1.82, 2.24) is 0 Å². The first-order valence-corrected chi connectivity index (χ1v) is 17.2. The molecule has 184 valence electrons. The predicted molar refractivity (Wildman–Crippen MR) is 156 cm³/mol. The molecule has 0 saturated carbocycles. The van der Waals surface area contributed by atoms with E-state index < -0.39 is 8.32 Å². The average Bonchev–Trinajstić information content (AvgIpc) is 2.80. The van der Waals surface area contributed by atoms with Crippen LogP contribution in [0.5, 0.6) is 0 Å². The number of halogens is 1. The molecule has 3 heteroatoms. The van der Waals surface area contributed by atoms with Gasteiger partial charge in [0.25, 0.3) is 0 Å². The molecule has 0 unspecified atom stereocenters. The first-order chi connectivity index (χ1) is 15.3. The van der Waals surface area contributed by atoms with Gasteiger partial charge in [-0.25, -0.2) is 0 Å². The van der Waals surface area contributed by atoms with Crippen molar-refractivity contribution in [1.29, 1.82) is 0 Å². The van der Waals surface area contributed by atoms with E-state index >= 15 is 0 Å². The summed E-state index contributed by atoms with van der Waals surface area (Å²) in [5.74, 6) is 0. The molecule has 1 rings (SSSR count). The van der Waals surface area contributed by atoms with Gasteiger partial charge in [0.15, 0.2) is 8.32 Å². The van der Waals surface area contributed by atoms with E-state index in [1.165, 1.54) is 105 Å². The largest absolute Gasteiger partial charge is 0.412 e. The molecule has 0 radical (unpaired) electrons. The molecule has 32 heavy (non-hydrogen) atoms. The lowest BCUT2D eigenvalue weighted by Crippen LogP contribution is -2.44. The van der Waals surface area contributed by atoms with Crippen molar-refractivity contribution in [2.24, 2.45) is 0 Å². The second-order valence-corrected chi connectivity index (χ2v) is 15.5. The monoisotopic (exact) mass is 570 g/mol. The maximum absolute atomic E-state index is 6.78. The summed E-state index contributed by atoms with van der Waals surface area (Å²) in [5, 5.41) is 0. The molecule has 0 aliphatic heterocycles. The highest BCUT2D eigenvalue weighted by Gasteiger charge is 2.35. The van der Waals surface area contributed by atoms with Crippen LogP contribution in [0.25, 0.3) is 5.57 Å². The van der Waals surface area contributed by atoms with Crippen LogP contribution < -0.4 is 0 Å². The quantitative estimate of drug-likeness (QED) is 0.0969. The molecule has 0 saturated heterocycles. The van der Waals surface area contributed by atoms with Crippen molar-refractivity contribution in [3.05, 3.63) is 39.5 Å². The number of hydrogen-bond acceptors (Lipinski definition) is 1. The maximum Gasteiger partial charge on any atom is 0.192 e. The lowest BCUT2D eigenvalue weighted by atomic mass is 9.96. The van der Waals surface area contributed by atoms with E-state index in [1.807, 2.05) is 0 Å². The normalized spacial score (nSPS) is 13.0. The van der Waals surface area contributed by atoms with Crippen LogP contribution in [-0.4, -0.2) is 13.9 Å². The van der Waals surface area contributed by atoms with Gasteiger partial charge in [-0.05, 0) is 84.9 Å². The minimum absolute atomic E-state index is 0.0330. The molecular weight excluding hydrogens is 519 g/mol. The fourth-order valence-electron chi connectivity index (χ4n) is 4.77. The Hall–Kier alpha value is -0.133. The number of unbranched alkanes of at least 4 members (excludes halogenated alkanes) is 6. The molecule has 0 heterocycles. The third kappa shape index (κ3) is 11.3. The maximum atomic E-state index is 6.78. The zero-order chi connectivity index (χ0) is 23.9. The number of hydrogen-bond donors (Lipinski definition) is 0. The SMILES string of the molecule is CCCCCCC/C(=C\I)c1cccc(CCCCCC(C)(C)O[Si](CC)(CC)CC)c1. The Morgan fingerprint density at radius 2 is 1.56 bits per heavy atom. The van der Waals surface area contributed by atoms with Gasteiger partial charge in [0.2, 0.25) is 0 Å². The summed E-state index contributed by atoms with van der Waals surface area (Å²) in [7, 11) is -1.52. The van der Waals surface area contributed by atoms with E-state index in [2.05, 4.69) is 92.5 Å². The Morgan fingerprint density at radius 1 is 0.906 bits per heavy atom. The van der Waals surface area contributed by atoms with Gasteiger partial charge in [-0.2, -0.15) is 0 Å². The lowest BCUT2D eigenvalue weighted by molar-refractivity contribution is 0.0828. The van der Waals surface area contributed by atoms with E-state index in [0.29, 0.717) is 0 Å². The van der Waals surface area contributed by atoms with Gasteiger partial charge < -0.3 is 4.43 Å². The van der Waals surface area contributed by atoms with Crippen LogP contribution in [0.15, 0.2) is 28.3 Å². The van der Waals surface area contributed by atoms with Gasteiger partial charge in [0.1, 0.15) is 0 Å². The Labute approximate surface area is 215 Å². The Kier molecular flexibility index (Phi) is 15.4. The topological polar surface area (TPSA) is 9.23 Å². The third-order valence-corrected chi connectivity index (χ3v) is 12.8. The molecule has 0 N–H and O–H groups in total. The molecule has 0 aliphatic rings. The van der Waals surface area contributed by atoms with Gasteiger partial charge in [-0.15, -0.1) is 0 Å². The number of aryl methyl sites for hydroxylation is 1. The highest BCUT2D eigenvalue weighted by atomic mass is 127. The van der Waals surface area contributed by atoms with Gasteiger partial charge in [0, 0.05) is 0 Å². The van der Waals surface area contributed by atoms with Crippen molar-refractivity contribution in [3.8, 4) is 0 Å². The molecule has 0 fully saturated rings. The fourth-order valence-corrected chi connectivity index (χ4v) is 8.65. The fraction of sp³-hybridized carbons (Fsp3) is 0.724. The van der Waals surface area contributed by atoms with Gasteiger partial charge in [-0.3, -0.25) is 0 Å². The van der Waals surface area contributed by atoms with E-state index in [-0.39, 0.29) is 5.60 Å². The molecule has 0 atom stereocenters. The molecule has 1 nitrogen and oxygen atoms in total. The van der Waals surface area contributed by atoms with Crippen LogP contribution in [0.1, 0.15) is 117 Å². The van der Waals surface area contributed by atoms with E-state index in [9.17, 15) is 0 Å². The van der Waals surface area contributed by atoms with Crippen molar-refractivity contribution < 1.29 is 4.43 Å². The number of allylic oxidation sites excluding steroid dienone is 1. The summed E-state index contributed by atoms with van der Waals surface area (Å²) in [6, 6.07) is 13.0. The van der Waals surface area contributed by atoms with Gasteiger partial charge >= 0.3 is 0 Å². The average molecular weight is 571 g/mol. The molecule has 0 aromatic heterocycles. The zero-order valence-electron chi connectivity index (χ0n) is 22.1. The zero-order valence-corrected chi connectivity index (χ0v) is 25.2.